The third-order valence-corrected chi connectivity index (χ3v) is 12.8. The summed E-state index contributed by atoms with van der Waals surface area (Å²) in [7, 11) is 0. The summed E-state index contributed by atoms with van der Waals surface area (Å²) in [5, 5.41) is 4.65. The molecule has 0 N–H and O–H groups in total. The van der Waals surface area contributed by atoms with Gasteiger partial charge in [-0.25, -0.2) is 0 Å². The Morgan fingerprint density at radius 2 is 1.05 bits per heavy atom. The van der Waals surface area contributed by atoms with E-state index in [1.807, 2.05) is 0 Å². The van der Waals surface area contributed by atoms with Crippen LogP contribution in [0.15, 0.2) is 211 Å². The van der Waals surface area contributed by atoms with Crippen LogP contribution in [0.2, 0.25) is 0 Å². The van der Waals surface area contributed by atoms with Crippen molar-refractivity contribution in [2.24, 2.45) is 0 Å². The summed E-state index contributed by atoms with van der Waals surface area (Å²) in [6.07, 6.45) is 0. The molecule has 0 radical (unpaired) electrons. The van der Waals surface area contributed by atoms with Gasteiger partial charge in [0.15, 0.2) is 0 Å². The molecule has 1 aliphatic carbocycles. The minimum atomic E-state index is -0.0870. The first kappa shape index (κ1) is 34.4. The van der Waals surface area contributed by atoms with Crippen LogP contribution in [0.1, 0.15) is 25.0 Å². The molecule has 1 aliphatic rings. The molecule has 60 heavy (non-hydrogen) atoms. The van der Waals surface area contributed by atoms with E-state index in [0.717, 1.165) is 66.8 Å². The molecule has 284 valence electrons. The third kappa shape index (κ3) is 5.09. The molecular weight excluding hydrogens is 729 g/mol. The molecule has 9 aromatic carbocycles. The Hall–Kier alpha value is -7.62. The minimum absolute atomic E-state index is 0.0870. The van der Waals surface area contributed by atoms with Gasteiger partial charge in [0.25, 0.3) is 0 Å². The van der Waals surface area contributed by atoms with Crippen LogP contribution in [0.3, 0.4) is 0 Å². The number of benzene rings is 9. The predicted molar refractivity (Wildman–Crippen MR) is 251 cm³/mol. The summed E-state index contributed by atoms with van der Waals surface area (Å²) in [6.45, 7) is 4.70. The third-order valence-electron chi connectivity index (χ3n) is 12.8. The Labute approximate surface area is 349 Å². The van der Waals surface area contributed by atoms with E-state index in [2.05, 4.69) is 230 Å². The lowest BCUT2D eigenvalue weighted by molar-refractivity contribution is 0.660. The number of fused-ring (bicyclic) bond motifs is 9. The van der Waals surface area contributed by atoms with E-state index >= 15 is 0 Å². The second kappa shape index (κ2) is 13.2. The van der Waals surface area contributed by atoms with Gasteiger partial charge in [0.2, 0.25) is 0 Å². The lowest BCUT2D eigenvalue weighted by atomic mass is 9.81. The first-order valence-electron chi connectivity index (χ1n) is 20.8. The predicted octanol–water partition coefficient (Wildman–Crippen LogP) is 15.8. The lowest BCUT2D eigenvalue weighted by Gasteiger charge is -2.29. The molecule has 0 bridgehead atoms. The molecule has 0 saturated carbocycles. The average molecular weight is 769 g/mol. The number of nitrogens with zero attached hydrogens (tertiary/aromatic N) is 2. The van der Waals surface area contributed by atoms with Crippen LogP contribution in [0.25, 0.3) is 82.8 Å². The highest BCUT2D eigenvalue weighted by atomic mass is 16.3. The highest BCUT2D eigenvalue weighted by Crippen LogP contribution is 2.51. The summed E-state index contributed by atoms with van der Waals surface area (Å²) < 4.78 is 9.42. The van der Waals surface area contributed by atoms with E-state index in [4.69, 9.17) is 4.42 Å². The Balaban J connectivity index is 1.11. The zero-order valence-electron chi connectivity index (χ0n) is 33.4. The summed E-state index contributed by atoms with van der Waals surface area (Å²) in [6, 6.07) is 74.8. The molecule has 2 heterocycles. The van der Waals surface area contributed by atoms with Crippen molar-refractivity contribution in [3.8, 4) is 39.1 Å². The first-order valence-corrected chi connectivity index (χ1v) is 20.8. The van der Waals surface area contributed by atoms with Crippen molar-refractivity contribution in [1.82, 2.24) is 4.57 Å². The normalized spacial score (nSPS) is 13.0. The van der Waals surface area contributed by atoms with E-state index in [-0.39, 0.29) is 5.41 Å². The second-order valence-electron chi connectivity index (χ2n) is 16.5. The van der Waals surface area contributed by atoms with Gasteiger partial charge < -0.3 is 13.9 Å². The van der Waals surface area contributed by atoms with E-state index in [9.17, 15) is 0 Å². The molecule has 0 atom stereocenters. The van der Waals surface area contributed by atoms with Gasteiger partial charge in [0.05, 0.1) is 28.0 Å². The van der Waals surface area contributed by atoms with E-state index in [1.54, 1.807) is 0 Å². The number of para-hydroxylation sites is 5. The van der Waals surface area contributed by atoms with Crippen molar-refractivity contribution < 1.29 is 4.42 Å². The molecule has 3 heteroatoms. The molecule has 0 spiro atoms. The Morgan fingerprint density at radius 1 is 0.433 bits per heavy atom. The standard InChI is InChI=1S/C57H40N2O/c1-57(2)48-26-11-6-21-41(48)42-32-31-38(36-49(42)57)37-17-16-20-40(35-37)58(39-18-4-3-5-19-39)53-34-33-46-45-24-10-15-30-54(45)60-56(46)55(53)47-25-9-14-29-52(47)59-50-27-12-7-22-43(50)44-23-8-13-28-51(44)59/h3-36H,1-2H3. The lowest BCUT2D eigenvalue weighted by Crippen LogP contribution is -2.15. The van der Waals surface area contributed by atoms with Crippen molar-refractivity contribution in [2.75, 3.05) is 4.90 Å². The van der Waals surface area contributed by atoms with E-state index in [0.29, 0.717) is 0 Å². The maximum Gasteiger partial charge on any atom is 0.145 e. The van der Waals surface area contributed by atoms with Gasteiger partial charge in [-0.05, 0) is 100 Å². The zero-order valence-corrected chi connectivity index (χ0v) is 33.4. The number of furan rings is 1. The molecule has 0 saturated heterocycles. The molecule has 0 unspecified atom stereocenters. The molecule has 3 nitrogen and oxygen atoms in total. The van der Waals surface area contributed by atoms with Crippen molar-refractivity contribution >= 4 is 60.8 Å². The molecule has 0 aliphatic heterocycles. The topological polar surface area (TPSA) is 21.3 Å². The van der Waals surface area contributed by atoms with Gasteiger partial charge in [-0.3, -0.25) is 0 Å². The Bertz CT molecular complexity index is 3420. The summed E-state index contributed by atoms with van der Waals surface area (Å²) in [5.74, 6) is 0. The average Bonchev–Trinajstić information content (AvgIpc) is 3.92. The number of anilines is 3. The molecule has 2 aromatic heterocycles. The summed E-state index contributed by atoms with van der Waals surface area (Å²) in [5.41, 5.74) is 18.1. The van der Waals surface area contributed by atoms with Gasteiger partial charge in [-0.1, -0.05) is 153 Å². The van der Waals surface area contributed by atoms with Crippen molar-refractivity contribution in [1.29, 1.82) is 0 Å². The minimum Gasteiger partial charge on any atom is -0.455 e. The largest absolute Gasteiger partial charge is 0.455 e. The second-order valence-corrected chi connectivity index (χ2v) is 16.5. The molecule has 12 rings (SSSR count). The first-order chi connectivity index (χ1) is 29.5. The molecular formula is C57H40N2O. The van der Waals surface area contributed by atoms with Gasteiger partial charge >= 0.3 is 0 Å². The fourth-order valence-corrected chi connectivity index (χ4v) is 10.00. The van der Waals surface area contributed by atoms with Crippen molar-refractivity contribution in [3.05, 3.63) is 217 Å². The fourth-order valence-electron chi connectivity index (χ4n) is 10.00. The van der Waals surface area contributed by atoms with Gasteiger partial charge in [-0.2, -0.15) is 0 Å². The van der Waals surface area contributed by atoms with Crippen LogP contribution in [0.5, 0.6) is 0 Å². The van der Waals surface area contributed by atoms with Gasteiger partial charge in [0.1, 0.15) is 11.2 Å². The van der Waals surface area contributed by atoms with Crippen LogP contribution in [-0.4, -0.2) is 4.57 Å². The number of aromatic nitrogens is 1. The van der Waals surface area contributed by atoms with E-state index < -0.39 is 0 Å². The Kier molecular flexibility index (Phi) is 7.58. The van der Waals surface area contributed by atoms with Crippen LogP contribution >= 0.6 is 0 Å². The van der Waals surface area contributed by atoms with Gasteiger partial charge in [-0.15, -0.1) is 0 Å². The van der Waals surface area contributed by atoms with Crippen molar-refractivity contribution in [3.63, 3.8) is 0 Å². The van der Waals surface area contributed by atoms with Crippen LogP contribution < -0.4 is 4.90 Å². The summed E-state index contributed by atoms with van der Waals surface area (Å²) >= 11 is 0. The summed E-state index contributed by atoms with van der Waals surface area (Å²) in [4.78, 5) is 2.40. The fraction of sp³-hybridized carbons (Fsp3) is 0.0526. The molecule has 0 fully saturated rings. The number of hydrogen-bond acceptors (Lipinski definition) is 2. The highest BCUT2D eigenvalue weighted by molar-refractivity contribution is 6.15. The maximum absolute atomic E-state index is 6.99. The smallest absolute Gasteiger partial charge is 0.145 e. The van der Waals surface area contributed by atoms with Crippen LogP contribution in [-0.2, 0) is 5.41 Å². The number of rotatable bonds is 6. The van der Waals surface area contributed by atoms with Gasteiger partial charge in [0, 0.05) is 43.9 Å². The quantitative estimate of drug-likeness (QED) is 0.168. The molecule has 0 amide bonds. The maximum atomic E-state index is 6.99. The van der Waals surface area contributed by atoms with Crippen molar-refractivity contribution in [2.45, 2.75) is 19.3 Å². The molecule has 11 aromatic rings. The van der Waals surface area contributed by atoms with Crippen LogP contribution in [0, 0.1) is 0 Å². The number of hydrogen-bond donors (Lipinski definition) is 0. The SMILES string of the molecule is CC1(C)c2ccccc2-c2ccc(-c3cccc(N(c4ccccc4)c4ccc5c(oc6ccccc65)c4-c4ccccc4-n4c5ccccc5c5ccccc54)c3)cc21. The van der Waals surface area contributed by atoms with Crippen LogP contribution in [0.4, 0.5) is 17.1 Å². The monoisotopic (exact) mass is 768 g/mol. The highest BCUT2D eigenvalue weighted by Gasteiger charge is 2.35. The van der Waals surface area contributed by atoms with E-state index in [1.165, 1.54) is 44.2 Å². The Morgan fingerprint density at radius 3 is 1.85 bits per heavy atom. The zero-order chi connectivity index (χ0) is 40.0.